The first-order valence-electron chi connectivity index (χ1n) is 4.36. The maximum atomic E-state index is 10.8. The van der Waals surface area contributed by atoms with Crippen LogP contribution in [0.3, 0.4) is 0 Å². The van der Waals surface area contributed by atoms with Gasteiger partial charge in [0, 0.05) is 12.5 Å². The van der Waals surface area contributed by atoms with E-state index >= 15 is 0 Å². The standard InChI is InChI=1S/C9H19NO2/c1-7(2)8(10-3)5-6-9(11)12-4/h7-8,10H,5-6H2,1-4H3. The number of esters is 1. The number of carbonyl (C=O) groups excluding carboxylic acids is 1. The minimum Gasteiger partial charge on any atom is -0.469 e. The van der Waals surface area contributed by atoms with Crippen molar-refractivity contribution in [3.8, 4) is 0 Å². The Kier molecular flexibility index (Phi) is 5.72. The van der Waals surface area contributed by atoms with Crippen molar-refractivity contribution in [1.82, 2.24) is 5.32 Å². The van der Waals surface area contributed by atoms with E-state index < -0.39 is 0 Å². The summed E-state index contributed by atoms with van der Waals surface area (Å²) in [6.07, 6.45) is 1.35. The molecule has 0 heterocycles. The Morgan fingerprint density at radius 2 is 2.08 bits per heavy atom. The maximum absolute atomic E-state index is 10.8. The van der Waals surface area contributed by atoms with Crippen LogP contribution >= 0.6 is 0 Å². The van der Waals surface area contributed by atoms with E-state index in [0.717, 1.165) is 6.42 Å². The molecule has 0 saturated carbocycles. The zero-order valence-electron chi connectivity index (χ0n) is 8.39. The molecule has 12 heavy (non-hydrogen) atoms. The molecule has 0 radical (unpaired) electrons. The van der Waals surface area contributed by atoms with Crippen LogP contribution in [0, 0.1) is 5.92 Å². The summed E-state index contributed by atoms with van der Waals surface area (Å²) in [6.45, 7) is 4.27. The van der Waals surface area contributed by atoms with Crippen molar-refractivity contribution in [3.63, 3.8) is 0 Å². The number of methoxy groups -OCH3 is 1. The van der Waals surface area contributed by atoms with Gasteiger partial charge >= 0.3 is 5.97 Å². The fourth-order valence-corrected chi connectivity index (χ4v) is 1.19. The molecule has 1 atom stereocenters. The molecule has 1 N–H and O–H groups in total. The Morgan fingerprint density at radius 3 is 2.42 bits per heavy atom. The lowest BCUT2D eigenvalue weighted by atomic mass is 10.00. The van der Waals surface area contributed by atoms with Gasteiger partial charge in [-0.2, -0.15) is 0 Å². The second-order valence-corrected chi connectivity index (χ2v) is 3.25. The molecule has 0 aliphatic heterocycles. The molecule has 0 amide bonds. The average Bonchev–Trinajstić information content (AvgIpc) is 2.04. The molecule has 0 aliphatic rings. The molecular formula is C9H19NO2. The third kappa shape index (κ3) is 4.34. The maximum Gasteiger partial charge on any atom is 0.305 e. The van der Waals surface area contributed by atoms with Crippen LogP contribution in [-0.4, -0.2) is 26.2 Å². The van der Waals surface area contributed by atoms with Crippen molar-refractivity contribution in [2.45, 2.75) is 32.7 Å². The van der Waals surface area contributed by atoms with Gasteiger partial charge < -0.3 is 10.1 Å². The molecule has 0 bridgehead atoms. The molecule has 0 fully saturated rings. The third-order valence-electron chi connectivity index (χ3n) is 2.06. The van der Waals surface area contributed by atoms with Crippen LogP contribution in [0.5, 0.6) is 0 Å². The molecule has 0 spiro atoms. The summed E-state index contributed by atoms with van der Waals surface area (Å²) in [5, 5.41) is 3.17. The minimum atomic E-state index is -0.129. The first-order valence-corrected chi connectivity index (χ1v) is 4.36. The number of nitrogens with one attached hydrogen (secondary N) is 1. The molecule has 0 aliphatic carbocycles. The van der Waals surface area contributed by atoms with Crippen LogP contribution in [0.4, 0.5) is 0 Å². The number of rotatable bonds is 5. The van der Waals surface area contributed by atoms with Crippen LogP contribution in [-0.2, 0) is 9.53 Å². The number of hydrogen-bond donors (Lipinski definition) is 1. The van der Waals surface area contributed by atoms with Gasteiger partial charge in [0.05, 0.1) is 7.11 Å². The van der Waals surface area contributed by atoms with Crippen molar-refractivity contribution in [3.05, 3.63) is 0 Å². The van der Waals surface area contributed by atoms with Crippen molar-refractivity contribution in [2.75, 3.05) is 14.2 Å². The molecule has 0 aromatic heterocycles. The Morgan fingerprint density at radius 1 is 1.50 bits per heavy atom. The molecule has 0 rings (SSSR count). The summed E-state index contributed by atoms with van der Waals surface area (Å²) in [7, 11) is 3.34. The average molecular weight is 173 g/mol. The highest BCUT2D eigenvalue weighted by atomic mass is 16.5. The Balaban J connectivity index is 3.65. The second kappa shape index (κ2) is 6.00. The molecule has 3 heteroatoms. The van der Waals surface area contributed by atoms with Gasteiger partial charge in [0.2, 0.25) is 0 Å². The molecular weight excluding hydrogens is 154 g/mol. The molecule has 1 unspecified atom stereocenters. The Labute approximate surface area is 74.5 Å². The second-order valence-electron chi connectivity index (χ2n) is 3.25. The zero-order valence-corrected chi connectivity index (χ0v) is 8.39. The summed E-state index contributed by atoms with van der Waals surface area (Å²) in [5.41, 5.74) is 0. The van der Waals surface area contributed by atoms with E-state index in [0.29, 0.717) is 18.4 Å². The van der Waals surface area contributed by atoms with E-state index in [1.165, 1.54) is 7.11 Å². The van der Waals surface area contributed by atoms with Crippen LogP contribution < -0.4 is 5.32 Å². The van der Waals surface area contributed by atoms with E-state index in [2.05, 4.69) is 23.9 Å². The fourth-order valence-electron chi connectivity index (χ4n) is 1.19. The molecule has 72 valence electrons. The fraction of sp³-hybridized carbons (Fsp3) is 0.889. The first kappa shape index (κ1) is 11.4. The van der Waals surface area contributed by atoms with E-state index in [4.69, 9.17) is 0 Å². The number of carbonyl (C=O) groups is 1. The van der Waals surface area contributed by atoms with Crippen LogP contribution in [0.2, 0.25) is 0 Å². The van der Waals surface area contributed by atoms with Gasteiger partial charge in [-0.3, -0.25) is 4.79 Å². The highest BCUT2D eigenvalue weighted by Crippen LogP contribution is 2.08. The normalized spacial score (nSPS) is 13.1. The summed E-state index contributed by atoms with van der Waals surface area (Å²) in [5.74, 6) is 0.426. The minimum absolute atomic E-state index is 0.129. The van der Waals surface area contributed by atoms with E-state index in [1.807, 2.05) is 7.05 Å². The van der Waals surface area contributed by atoms with E-state index in [-0.39, 0.29) is 5.97 Å². The lowest BCUT2D eigenvalue weighted by molar-refractivity contribution is -0.140. The van der Waals surface area contributed by atoms with E-state index in [9.17, 15) is 4.79 Å². The lowest BCUT2D eigenvalue weighted by Gasteiger charge is -2.19. The Bertz CT molecular complexity index is 134. The van der Waals surface area contributed by atoms with Gasteiger partial charge in [-0.1, -0.05) is 13.8 Å². The van der Waals surface area contributed by atoms with Gasteiger partial charge in [-0.25, -0.2) is 0 Å². The summed E-state index contributed by atoms with van der Waals surface area (Å²) in [6, 6.07) is 0.407. The summed E-state index contributed by atoms with van der Waals surface area (Å²) < 4.78 is 4.56. The van der Waals surface area contributed by atoms with Crippen molar-refractivity contribution in [1.29, 1.82) is 0 Å². The van der Waals surface area contributed by atoms with Crippen LogP contribution in [0.25, 0.3) is 0 Å². The van der Waals surface area contributed by atoms with Gasteiger partial charge in [-0.15, -0.1) is 0 Å². The van der Waals surface area contributed by atoms with Crippen molar-refractivity contribution >= 4 is 5.97 Å². The predicted octanol–water partition coefficient (Wildman–Crippen LogP) is 1.18. The first-order chi connectivity index (χ1) is 5.61. The van der Waals surface area contributed by atoms with Crippen LogP contribution in [0.15, 0.2) is 0 Å². The van der Waals surface area contributed by atoms with Gasteiger partial charge in [-0.05, 0) is 19.4 Å². The highest BCUT2D eigenvalue weighted by Gasteiger charge is 2.12. The summed E-state index contributed by atoms with van der Waals surface area (Å²) >= 11 is 0. The SMILES string of the molecule is CNC(CCC(=O)OC)C(C)C. The predicted molar refractivity (Wildman–Crippen MR) is 48.9 cm³/mol. The van der Waals surface area contributed by atoms with E-state index in [1.54, 1.807) is 0 Å². The van der Waals surface area contributed by atoms with Gasteiger partial charge in [0.15, 0.2) is 0 Å². The zero-order chi connectivity index (χ0) is 9.56. The highest BCUT2D eigenvalue weighted by molar-refractivity contribution is 5.69. The largest absolute Gasteiger partial charge is 0.469 e. The topological polar surface area (TPSA) is 38.3 Å². The van der Waals surface area contributed by atoms with Gasteiger partial charge in [0.25, 0.3) is 0 Å². The van der Waals surface area contributed by atoms with Crippen molar-refractivity contribution < 1.29 is 9.53 Å². The molecule has 0 aromatic rings. The smallest absolute Gasteiger partial charge is 0.305 e. The molecule has 0 aromatic carbocycles. The van der Waals surface area contributed by atoms with Gasteiger partial charge in [0.1, 0.15) is 0 Å². The summed E-state index contributed by atoms with van der Waals surface area (Å²) in [4.78, 5) is 10.8. The Hall–Kier alpha value is -0.570. The number of hydrogen-bond acceptors (Lipinski definition) is 3. The monoisotopic (exact) mass is 173 g/mol. The van der Waals surface area contributed by atoms with Crippen molar-refractivity contribution in [2.24, 2.45) is 5.92 Å². The molecule has 3 nitrogen and oxygen atoms in total. The third-order valence-corrected chi connectivity index (χ3v) is 2.06. The number of ether oxygens (including phenoxy) is 1. The lowest BCUT2D eigenvalue weighted by Crippen LogP contribution is -2.31. The van der Waals surface area contributed by atoms with Crippen LogP contribution in [0.1, 0.15) is 26.7 Å². The quantitative estimate of drug-likeness (QED) is 0.634. The molecule has 0 saturated heterocycles.